The Kier molecular flexibility index (Phi) is 3.05. The summed E-state index contributed by atoms with van der Waals surface area (Å²) in [6.45, 7) is 2.61. The number of hydrogen-bond acceptors (Lipinski definition) is 4. The van der Waals surface area contributed by atoms with Crippen LogP contribution >= 0.6 is 0 Å². The number of pyridine rings is 1. The van der Waals surface area contributed by atoms with Crippen LogP contribution in [0.1, 0.15) is 17.0 Å². The fourth-order valence-electron chi connectivity index (χ4n) is 2.05. The Balaban J connectivity index is 1.76. The quantitative estimate of drug-likeness (QED) is 0.761. The molecule has 0 spiro atoms. The highest BCUT2D eigenvalue weighted by atomic mass is 15.0. The number of aryl methyl sites for hydroxylation is 1. The van der Waals surface area contributed by atoms with E-state index >= 15 is 0 Å². The summed E-state index contributed by atoms with van der Waals surface area (Å²) in [5.74, 6) is 1.58. The number of imidazole rings is 1. The van der Waals surface area contributed by atoms with Gasteiger partial charge in [0.05, 0.1) is 23.1 Å². The third-order valence-corrected chi connectivity index (χ3v) is 3.09. The number of rotatable bonds is 3. The Hall–Kier alpha value is -2.87. The molecular weight excluding hydrogens is 250 g/mol. The van der Waals surface area contributed by atoms with E-state index in [4.69, 9.17) is 5.26 Å². The molecule has 0 aliphatic rings. The van der Waals surface area contributed by atoms with Gasteiger partial charge in [0.1, 0.15) is 17.7 Å². The van der Waals surface area contributed by atoms with Crippen LogP contribution in [0.3, 0.4) is 0 Å². The van der Waals surface area contributed by atoms with E-state index in [1.54, 1.807) is 18.3 Å². The fourth-order valence-corrected chi connectivity index (χ4v) is 2.05. The molecule has 3 aromatic rings. The van der Waals surface area contributed by atoms with Crippen LogP contribution in [0.2, 0.25) is 0 Å². The van der Waals surface area contributed by atoms with Crippen molar-refractivity contribution in [3.63, 3.8) is 0 Å². The van der Waals surface area contributed by atoms with Gasteiger partial charge in [-0.05, 0) is 30.7 Å². The van der Waals surface area contributed by atoms with Crippen molar-refractivity contribution < 1.29 is 0 Å². The predicted molar refractivity (Wildman–Crippen MR) is 77.1 cm³/mol. The van der Waals surface area contributed by atoms with Crippen LogP contribution in [-0.4, -0.2) is 15.0 Å². The molecule has 0 amide bonds. The smallest absolute Gasteiger partial charge is 0.126 e. The molecule has 2 N–H and O–H groups in total. The minimum Gasteiger partial charge on any atom is -0.363 e. The molecule has 0 atom stereocenters. The molecule has 2 aromatic heterocycles. The van der Waals surface area contributed by atoms with Gasteiger partial charge in [-0.3, -0.25) is 0 Å². The van der Waals surface area contributed by atoms with Crippen molar-refractivity contribution in [1.29, 1.82) is 5.26 Å². The molecule has 0 aliphatic heterocycles. The number of nitrogens with zero attached hydrogens (tertiary/aromatic N) is 3. The molecule has 0 saturated heterocycles. The van der Waals surface area contributed by atoms with Crippen molar-refractivity contribution in [2.45, 2.75) is 13.5 Å². The molecule has 20 heavy (non-hydrogen) atoms. The molecule has 1 aromatic carbocycles. The molecule has 5 heteroatoms. The van der Waals surface area contributed by atoms with E-state index < -0.39 is 0 Å². The fraction of sp³-hybridized carbons (Fsp3) is 0.133. The molecule has 3 rings (SSSR count). The SMILES string of the molecule is Cc1cccc2[nH]c(CNc3ccc(C#N)cn3)nc12. The minimum atomic E-state index is 0.551. The van der Waals surface area contributed by atoms with E-state index in [1.807, 2.05) is 31.2 Å². The zero-order valence-corrected chi connectivity index (χ0v) is 11.0. The number of hydrogen-bond donors (Lipinski definition) is 2. The van der Waals surface area contributed by atoms with E-state index in [9.17, 15) is 0 Å². The molecule has 2 heterocycles. The molecule has 5 nitrogen and oxygen atoms in total. The highest BCUT2D eigenvalue weighted by Gasteiger charge is 2.04. The van der Waals surface area contributed by atoms with Gasteiger partial charge < -0.3 is 10.3 Å². The summed E-state index contributed by atoms with van der Waals surface area (Å²) in [6, 6.07) is 11.6. The number of nitrogens with one attached hydrogen (secondary N) is 2. The van der Waals surface area contributed by atoms with Crippen LogP contribution in [0.15, 0.2) is 36.5 Å². The second kappa shape index (κ2) is 5.02. The van der Waals surface area contributed by atoms with Gasteiger partial charge >= 0.3 is 0 Å². The normalized spacial score (nSPS) is 10.4. The first-order valence-corrected chi connectivity index (χ1v) is 6.30. The Bertz CT molecular complexity index is 780. The maximum Gasteiger partial charge on any atom is 0.126 e. The number of H-pyrrole nitrogens is 1. The third kappa shape index (κ3) is 2.31. The first-order valence-electron chi connectivity index (χ1n) is 6.30. The van der Waals surface area contributed by atoms with Crippen molar-refractivity contribution in [1.82, 2.24) is 15.0 Å². The second-order valence-electron chi connectivity index (χ2n) is 4.55. The molecule has 98 valence electrons. The maximum absolute atomic E-state index is 8.72. The van der Waals surface area contributed by atoms with Crippen molar-refractivity contribution in [2.24, 2.45) is 0 Å². The lowest BCUT2D eigenvalue weighted by Crippen LogP contribution is -2.02. The summed E-state index contributed by atoms with van der Waals surface area (Å²) < 4.78 is 0. The van der Waals surface area contributed by atoms with Gasteiger partial charge in [0.15, 0.2) is 0 Å². The monoisotopic (exact) mass is 263 g/mol. The average Bonchev–Trinajstić information content (AvgIpc) is 2.90. The van der Waals surface area contributed by atoms with Crippen molar-refractivity contribution in [3.8, 4) is 6.07 Å². The van der Waals surface area contributed by atoms with Gasteiger partial charge in [-0.25, -0.2) is 9.97 Å². The Labute approximate surface area is 116 Å². The summed E-state index contributed by atoms with van der Waals surface area (Å²) in [6.07, 6.45) is 1.55. The third-order valence-electron chi connectivity index (χ3n) is 3.09. The van der Waals surface area contributed by atoms with Crippen molar-refractivity contribution in [3.05, 3.63) is 53.5 Å². The molecule has 0 bridgehead atoms. The first kappa shape index (κ1) is 12.2. The highest BCUT2D eigenvalue weighted by Crippen LogP contribution is 2.16. The lowest BCUT2D eigenvalue weighted by molar-refractivity contribution is 0.997. The van der Waals surface area contributed by atoms with Gasteiger partial charge in [0, 0.05) is 6.20 Å². The van der Waals surface area contributed by atoms with Crippen LogP contribution in [0.5, 0.6) is 0 Å². The molecule has 0 aliphatic carbocycles. The second-order valence-corrected chi connectivity index (χ2v) is 4.55. The van der Waals surface area contributed by atoms with Gasteiger partial charge in [0.2, 0.25) is 0 Å². The van der Waals surface area contributed by atoms with Crippen LogP contribution in [0.25, 0.3) is 11.0 Å². The minimum absolute atomic E-state index is 0.551. The Morgan fingerprint density at radius 1 is 1.30 bits per heavy atom. The lowest BCUT2D eigenvalue weighted by Gasteiger charge is -2.02. The largest absolute Gasteiger partial charge is 0.363 e. The standard InChI is InChI=1S/C15H13N5/c1-10-3-2-4-12-15(10)20-14(19-12)9-18-13-6-5-11(7-16)8-17-13/h2-6,8H,9H2,1H3,(H,17,18)(H,19,20). The summed E-state index contributed by atoms with van der Waals surface area (Å²) in [4.78, 5) is 12.0. The summed E-state index contributed by atoms with van der Waals surface area (Å²) >= 11 is 0. The predicted octanol–water partition coefficient (Wildman–Crippen LogP) is 2.75. The molecule has 0 saturated carbocycles. The molecule has 0 unspecified atom stereocenters. The average molecular weight is 263 g/mol. The van der Waals surface area contributed by atoms with Crippen molar-refractivity contribution in [2.75, 3.05) is 5.32 Å². The molecular formula is C15H13N5. The number of aromatic amines is 1. The zero-order chi connectivity index (χ0) is 13.9. The Morgan fingerprint density at radius 3 is 2.90 bits per heavy atom. The number of nitriles is 1. The van der Waals surface area contributed by atoms with E-state index in [0.717, 1.165) is 28.2 Å². The summed E-state index contributed by atoms with van der Waals surface area (Å²) in [7, 11) is 0. The van der Waals surface area contributed by atoms with E-state index in [-0.39, 0.29) is 0 Å². The van der Waals surface area contributed by atoms with Crippen molar-refractivity contribution >= 4 is 16.9 Å². The first-order chi connectivity index (χ1) is 9.76. The topological polar surface area (TPSA) is 77.4 Å². The lowest BCUT2D eigenvalue weighted by atomic mass is 10.2. The van der Waals surface area contributed by atoms with E-state index in [2.05, 4.69) is 20.3 Å². The van der Waals surface area contributed by atoms with Gasteiger partial charge in [-0.1, -0.05) is 12.1 Å². The number of benzene rings is 1. The number of aromatic nitrogens is 3. The van der Waals surface area contributed by atoms with Crippen LogP contribution in [-0.2, 0) is 6.54 Å². The van der Waals surface area contributed by atoms with E-state index in [1.165, 1.54) is 0 Å². The van der Waals surface area contributed by atoms with Crippen LogP contribution < -0.4 is 5.32 Å². The van der Waals surface area contributed by atoms with Crippen LogP contribution in [0.4, 0.5) is 5.82 Å². The maximum atomic E-state index is 8.72. The zero-order valence-electron chi connectivity index (χ0n) is 11.0. The summed E-state index contributed by atoms with van der Waals surface area (Å²) in [5.41, 5.74) is 3.74. The highest BCUT2D eigenvalue weighted by molar-refractivity contribution is 5.78. The van der Waals surface area contributed by atoms with Crippen LogP contribution in [0, 0.1) is 18.3 Å². The molecule has 0 fully saturated rings. The summed E-state index contributed by atoms with van der Waals surface area (Å²) in [5, 5.41) is 11.9. The van der Waals surface area contributed by atoms with Gasteiger partial charge in [-0.2, -0.15) is 5.26 Å². The number of anilines is 1. The van der Waals surface area contributed by atoms with Gasteiger partial charge in [-0.15, -0.1) is 0 Å². The van der Waals surface area contributed by atoms with E-state index in [0.29, 0.717) is 12.1 Å². The Morgan fingerprint density at radius 2 is 2.20 bits per heavy atom. The van der Waals surface area contributed by atoms with Gasteiger partial charge in [0.25, 0.3) is 0 Å². The number of fused-ring (bicyclic) bond motifs is 1. The molecule has 0 radical (unpaired) electrons. The number of para-hydroxylation sites is 1.